The van der Waals surface area contributed by atoms with Crippen LogP contribution >= 0.6 is 0 Å². The molecule has 1 aromatic heterocycles. The van der Waals surface area contributed by atoms with E-state index in [4.69, 9.17) is 10.5 Å². The van der Waals surface area contributed by atoms with Gasteiger partial charge < -0.3 is 10.5 Å². The predicted octanol–water partition coefficient (Wildman–Crippen LogP) is 1.59. The van der Waals surface area contributed by atoms with E-state index in [1.54, 1.807) is 12.4 Å². The van der Waals surface area contributed by atoms with E-state index in [1.165, 1.54) is 12.8 Å². The molecule has 2 rings (SSSR count). The molecule has 14 heavy (non-hydrogen) atoms. The lowest BCUT2D eigenvalue weighted by Gasteiger charge is -2.15. The normalized spacial score (nSPS) is 26.4. The smallest absolute Gasteiger partial charge is 0.137 e. The van der Waals surface area contributed by atoms with Gasteiger partial charge in [-0.25, -0.2) is 0 Å². The van der Waals surface area contributed by atoms with Crippen molar-refractivity contribution >= 4 is 0 Å². The van der Waals surface area contributed by atoms with Crippen molar-refractivity contribution in [3.63, 3.8) is 0 Å². The first-order valence-corrected chi connectivity index (χ1v) is 5.14. The van der Waals surface area contributed by atoms with Gasteiger partial charge in [0.25, 0.3) is 0 Å². The van der Waals surface area contributed by atoms with E-state index in [1.807, 2.05) is 12.1 Å². The second kappa shape index (κ2) is 4.42. The first-order chi connectivity index (χ1) is 6.86. The summed E-state index contributed by atoms with van der Waals surface area (Å²) < 4.78 is 5.62. The number of hydrogen-bond donors (Lipinski definition) is 1. The van der Waals surface area contributed by atoms with E-state index in [-0.39, 0.29) is 0 Å². The quantitative estimate of drug-likeness (QED) is 0.791. The molecule has 2 atom stereocenters. The summed E-state index contributed by atoms with van der Waals surface area (Å²) >= 11 is 0. The van der Waals surface area contributed by atoms with E-state index < -0.39 is 0 Å². The Morgan fingerprint density at radius 1 is 1.50 bits per heavy atom. The fourth-order valence-electron chi connectivity index (χ4n) is 1.91. The summed E-state index contributed by atoms with van der Waals surface area (Å²) in [5.74, 6) is 1.36. The van der Waals surface area contributed by atoms with Gasteiger partial charge >= 0.3 is 0 Å². The molecule has 76 valence electrons. The first kappa shape index (κ1) is 9.46. The van der Waals surface area contributed by atoms with E-state index in [0.717, 1.165) is 18.8 Å². The van der Waals surface area contributed by atoms with E-state index in [2.05, 4.69) is 4.98 Å². The lowest BCUT2D eigenvalue weighted by molar-refractivity contribution is 0.239. The van der Waals surface area contributed by atoms with Gasteiger partial charge in [0.05, 0.1) is 12.8 Å². The Hall–Kier alpha value is -1.09. The molecule has 1 saturated carbocycles. The zero-order chi connectivity index (χ0) is 9.80. The maximum Gasteiger partial charge on any atom is 0.137 e. The van der Waals surface area contributed by atoms with Crippen LogP contribution in [-0.4, -0.2) is 17.6 Å². The molecule has 1 heterocycles. The number of rotatable bonds is 3. The molecular formula is C11H16N2O. The summed E-state index contributed by atoms with van der Waals surface area (Å²) in [6.45, 7) is 0.729. The SMILES string of the molecule is NC1CCCC1COc1cccnc1. The summed E-state index contributed by atoms with van der Waals surface area (Å²) in [6.07, 6.45) is 7.05. The highest BCUT2D eigenvalue weighted by molar-refractivity contribution is 5.15. The average Bonchev–Trinajstić information content (AvgIpc) is 2.63. The topological polar surface area (TPSA) is 48.1 Å². The van der Waals surface area contributed by atoms with Gasteiger partial charge in [0.2, 0.25) is 0 Å². The Morgan fingerprint density at radius 3 is 3.07 bits per heavy atom. The van der Waals surface area contributed by atoms with Crippen molar-refractivity contribution in [2.75, 3.05) is 6.61 Å². The van der Waals surface area contributed by atoms with E-state index >= 15 is 0 Å². The minimum atomic E-state index is 0.326. The standard InChI is InChI=1S/C11H16N2O/c12-11-5-1-3-9(11)8-14-10-4-2-6-13-7-10/h2,4,6-7,9,11H,1,3,5,8,12H2. The van der Waals surface area contributed by atoms with Crippen LogP contribution in [0.2, 0.25) is 0 Å². The molecule has 1 fully saturated rings. The minimum absolute atomic E-state index is 0.326. The molecule has 1 aliphatic rings. The third-order valence-corrected chi connectivity index (χ3v) is 2.82. The fraction of sp³-hybridized carbons (Fsp3) is 0.545. The van der Waals surface area contributed by atoms with Crippen molar-refractivity contribution in [1.29, 1.82) is 0 Å². The molecule has 2 N–H and O–H groups in total. The Labute approximate surface area is 84.3 Å². The van der Waals surface area contributed by atoms with Crippen LogP contribution in [0.3, 0.4) is 0 Å². The molecule has 1 aromatic rings. The van der Waals surface area contributed by atoms with Crippen LogP contribution in [0.1, 0.15) is 19.3 Å². The summed E-state index contributed by atoms with van der Waals surface area (Å²) in [6, 6.07) is 4.13. The van der Waals surface area contributed by atoms with Gasteiger partial charge in [-0.15, -0.1) is 0 Å². The maximum atomic E-state index is 5.95. The fourth-order valence-corrected chi connectivity index (χ4v) is 1.91. The molecule has 1 aliphatic carbocycles. The highest BCUT2D eigenvalue weighted by Crippen LogP contribution is 2.24. The molecule has 3 nitrogen and oxygen atoms in total. The van der Waals surface area contributed by atoms with Gasteiger partial charge in [-0.1, -0.05) is 6.42 Å². The lowest BCUT2D eigenvalue weighted by atomic mass is 10.1. The van der Waals surface area contributed by atoms with Crippen LogP contribution < -0.4 is 10.5 Å². The Bertz CT molecular complexity index is 276. The molecule has 0 radical (unpaired) electrons. The average molecular weight is 192 g/mol. The van der Waals surface area contributed by atoms with Crippen LogP contribution in [0.4, 0.5) is 0 Å². The number of pyridine rings is 1. The van der Waals surface area contributed by atoms with Crippen LogP contribution in [0, 0.1) is 5.92 Å². The molecule has 0 spiro atoms. The number of nitrogens with zero attached hydrogens (tertiary/aromatic N) is 1. The molecule has 0 saturated heterocycles. The second-order valence-electron chi connectivity index (χ2n) is 3.85. The van der Waals surface area contributed by atoms with Crippen molar-refractivity contribution in [2.24, 2.45) is 11.7 Å². The van der Waals surface area contributed by atoms with Crippen molar-refractivity contribution in [3.8, 4) is 5.75 Å². The van der Waals surface area contributed by atoms with Gasteiger partial charge in [-0.3, -0.25) is 4.98 Å². The Balaban J connectivity index is 1.82. The van der Waals surface area contributed by atoms with Gasteiger partial charge in [0.15, 0.2) is 0 Å². The number of nitrogens with two attached hydrogens (primary N) is 1. The zero-order valence-corrected chi connectivity index (χ0v) is 8.23. The largest absolute Gasteiger partial charge is 0.492 e. The molecule has 2 unspecified atom stereocenters. The third kappa shape index (κ3) is 2.23. The molecule has 3 heteroatoms. The van der Waals surface area contributed by atoms with Gasteiger partial charge in [0, 0.05) is 18.2 Å². The Morgan fingerprint density at radius 2 is 2.43 bits per heavy atom. The number of hydrogen-bond acceptors (Lipinski definition) is 3. The van der Waals surface area contributed by atoms with E-state index in [0.29, 0.717) is 12.0 Å². The van der Waals surface area contributed by atoms with Crippen molar-refractivity contribution in [1.82, 2.24) is 4.98 Å². The predicted molar refractivity (Wildman–Crippen MR) is 55.0 cm³/mol. The van der Waals surface area contributed by atoms with Crippen LogP contribution in [-0.2, 0) is 0 Å². The highest BCUT2D eigenvalue weighted by atomic mass is 16.5. The summed E-state index contributed by atoms with van der Waals surface area (Å²) in [4.78, 5) is 3.99. The van der Waals surface area contributed by atoms with Gasteiger partial charge in [-0.05, 0) is 25.0 Å². The first-order valence-electron chi connectivity index (χ1n) is 5.14. The van der Waals surface area contributed by atoms with Crippen molar-refractivity contribution in [3.05, 3.63) is 24.5 Å². The maximum absolute atomic E-state index is 5.95. The Kier molecular flexibility index (Phi) is 2.99. The summed E-state index contributed by atoms with van der Waals surface area (Å²) in [5, 5.41) is 0. The van der Waals surface area contributed by atoms with Crippen molar-refractivity contribution < 1.29 is 4.74 Å². The zero-order valence-electron chi connectivity index (χ0n) is 8.23. The highest BCUT2D eigenvalue weighted by Gasteiger charge is 2.24. The molecule has 0 amide bonds. The second-order valence-corrected chi connectivity index (χ2v) is 3.85. The number of aromatic nitrogens is 1. The lowest BCUT2D eigenvalue weighted by Crippen LogP contribution is -2.28. The minimum Gasteiger partial charge on any atom is -0.492 e. The number of ether oxygens (including phenoxy) is 1. The summed E-state index contributed by atoms with van der Waals surface area (Å²) in [5.41, 5.74) is 5.95. The van der Waals surface area contributed by atoms with Crippen LogP contribution in [0.5, 0.6) is 5.75 Å². The van der Waals surface area contributed by atoms with Crippen LogP contribution in [0.25, 0.3) is 0 Å². The molecule has 0 aromatic carbocycles. The summed E-state index contributed by atoms with van der Waals surface area (Å²) in [7, 11) is 0. The molecule has 0 bridgehead atoms. The van der Waals surface area contributed by atoms with Crippen LogP contribution in [0.15, 0.2) is 24.5 Å². The molecular weight excluding hydrogens is 176 g/mol. The van der Waals surface area contributed by atoms with Crippen molar-refractivity contribution in [2.45, 2.75) is 25.3 Å². The van der Waals surface area contributed by atoms with Gasteiger partial charge in [-0.2, -0.15) is 0 Å². The van der Waals surface area contributed by atoms with Gasteiger partial charge in [0.1, 0.15) is 5.75 Å². The van der Waals surface area contributed by atoms with E-state index in [9.17, 15) is 0 Å². The third-order valence-electron chi connectivity index (χ3n) is 2.82. The monoisotopic (exact) mass is 192 g/mol. The molecule has 0 aliphatic heterocycles.